The first kappa shape index (κ1) is 18.9. The van der Waals surface area contributed by atoms with E-state index in [2.05, 4.69) is 10.6 Å². The quantitative estimate of drug-likeness (QED) is 0.766. The zero-order valence-corrected chi connectivity index (χ0v) is 13.9. The molecule has 0 fully saturated rings. The highest BCUT2D eigenvalue weighted by Crippen LogP contribution is 2.13. The van der Waals surface area contributed by atoms with Crippen LogP contribution < -0.4 is 16.4 Å². The van der Waals surface area contributed by atoms with Crippen molar-refractivity contribution in [2.75, 3.05) is 13.6 Å². The minimum Gasteiger partial charge on any atom is -0.445 e. The van der Waals surface area contributed by atoms with Gasteiger partial charge in [-0.25, -0.2) is 9.18 Å². The maximum Gasteiger partial charge on any atom is 0.407 e. The predicted octanol–water partition coefficient (Wildman–Crippen LogP) is 1.58. The number of halogens is 1. The fourth-order valence-corrected chi connectivity index (χ4v) is 1.93. The van der Waals surface area contributed by atoms with Gasteiger partial charge in [0.25, 0.3) is 5.91 Å². The normalized spacial score (nSPS) is 12.4. The predicted molar refractivity (Wildman–Crippen MR) is 85.7 cm³/mol. The Balaban J connectivity index is 2.74. The van der Waals surface area contributed by atoms with Crippen LogP contribution in [0.5, 0.6) is 0 Å². The second kappa shape index (κ2) is 7.92. The van der Waals surface area contributed by atoms with E-state index in [4.69, 9.17) is 10.5 Å². The van der Waals surface area contributed by atoms with Crippen LogP contribution in [-0.2, 0) is 11.2 Å². The van der Waals surface area contributed by atoms with Gasteiger partial charge in [-0.15, -0.1) is 0 Å². The molecule has 0 aliphatic rings. The molecule has 0 saturated carbocycles. The lowest BCUT2D eigenvalue weighted by atomic mass is 10.0. The fraction of sp³-hybridized carbons (Fsp3) is 0.500. The Labute approximate surface area is 135 Å². The summed E-state index contributed by atoms with van der Waals surface area (Å²) in [5.41, 5.74) is 5.74. The first-order valence-corrected chi connectivity index (χ1v) is 7.35. The van der Waals surface area contributed by atoms with E-state index in [1.807, 2.05) is 20.8 Å². The molecule has 1 aromatic carbocycles. The van der Waals surface area contributed by atoms with Crippen LogP contribution in [0, 0.1) is 5.82 Å². The van der Waals surface area contributed by atoms with Crippen molar-refractivity contribution in [1.29, 1.82) is 0 Å². The molecule has 1 aromatic rings. The molecular formula is C16H24FN3O3. The van der Waals surface area contributed by atoms with Crippen LogP contribution >= 0.6 is 0 Å². The summed E-state index contributed by atoms with van der Waals surface area (Å²) >= 11 is 0. The minimum absolute atomic E-state index is 0.0352. The molecule has 0 spiro atoms. The minimum atomic E-state index is -0.628. The van der Waals surface area contributed by atoms with Crippen molar-refractivity contribution >= 4 is 12.0 Å². The van der Waals surface area contributed by atoms with Gasteiger partial charge in [-0.2, -0.15) is 0 Å². The van der Waals surface area contributed by atoms with Gasteiger partial charge in [0.1, 0.15) is 11.9 Å². The summed E-state index contributed by atoms with van der Waals surface area (Å²) < 4.78 is 19.2. The second-order valence-corrected chi connectivity index (χ2v) is 6.24. The molecule has 0 saturated heterocycles. The molecule has 0 aromatic heterocycles. The summed E-state index contributed by atoms with van der Waals surface area (Å²) in [6.45, 7) is 5.60. The van der Waals surface area contributed by atoms with Crippen molar-refractivity contribution in [3.8, 4) is 0 Å². The number of benzene rings is 1. The van der Waals surface area contributed by atoms with Crippen LogP contribution in [0.1, 0.15) is 36.7 Å². The molecule has 1 atom stereocenters. The smallest absolute Gasteiger partial charge is 0.407 e. The lowest BCUT2D eigenvalue weighted by Gasteiger charge is -2.23. The molecule has 0 aliphatic carbocycles. The van der Waals surface area contributed by atoms with Gasteiger partial charge < -0.3 is 21.1 Å². The van der Waals surface area contributed by atoms with Crippen LogP contribution in [0.4, 0.5) is 9.18 Å². The first-order chi connectivity index (χ1) is 10.7. The van der Waals surface area contributed by atoms with Gasteiger partial charge in [0.05, 0.1) is 5.56 Å². The zero-order chi connectivity index (χ0) is 17.6. The highest BCUT2D eigenvalue weighted by Gasteiger charge is 2.19. The van der Waals surface area contributed by atoms with Gasteiger partial charge in [-0.3, -0.25) is 4.79 Å². The molecule has 6 nitrogen and oxygen atoms in total. The van der Waals surface area contributed by atoms with E-state index in [0.29, 0.717) is 5.56 Å². The number of nitrogens with one attached hydrogen (secondary N) is 2. The van der Waals surface area contributed by atoms with E-state index >= 15 is 0 Å². The summed E-state index contributed by atoms with van der Waals surface area (Å²) in [6, 6.07) is 4.26. The Morgan fingerprint density at radius 3 is 2.48 bits per heavy atom. The molecule has 0 heterocycles. The third-order valence-corrected chi connectivity index (χ3v) is 2.98. The second-order valence-electron chi connectivity index (χ2n) is 6.24. The van der Waals surface area contributed by atoms with Gasteiger partial charge in [0.15, 0.2) is 0 Å². The van der Waals surface area contributed by atoms with Gasteiger partial charge in [0.2, 0.25) is 0 Å². The van der Waals surface area contributed by atoms with E-state index < -0.39 is 29.5 Å². The number of carbonyl (C=O) groups excluding carboxylic acids is 2. The van der Waals surface area contributed by atoms with E-state index in [1.165, 1.54) is 19.2 Å². The third-order valence-electron chi connectivity index (χ3n) is 2.98. The maximum atomic E-state index is 13.9. The highest BCUT2D eigenvalue weighted by molar-refractivity contribution is 5.94. The standard InChI is InChI=1S/C16H24FN3O3/c1-16(2,3)20-15(22)23-11(9-18)7-10-5-6-12(13(17)8-10)14(21)19-4/h5-6,8,11H,7,9,18H2,1-4H3,(H,19,21)(H,20,22)/t11-/m0/s1. The molecule has 1 rings (SSSR count). The van der Waals surface area contributed by atoms with Crippen molar-refractivity contribution in [3.05, 3.63) is 35.1 Å². The Morgan fingerprint density at radius 1 is 1.35 bits per heavy atom. The van der Waals surface area contributed by atoms with Crippen molar-refractivity contribution in [1.82, 2.24) is 10.6 Å². The monoisotopic (exact) mass is 325 g/mol. The van der Waals surface area contributed by atoms with Crippen molar-refractivity contribution < 1.29 is 18.7 Å². The average Bonchev–Trinajstić information content (AvgIpc) is 2.44. The van der Waals surface area contributed by atoms with Crippen molar-refractivity contribution in [2.45, 2.75) is 38.8 Å². The molecule has 128 valence electrons. The van der Waals surface area contributed by atoms with Crippen LogP contribution in [0.2, 0.25) is 0 Å². The van der Waals surface area contributed by atoms with Gasteiger partial charge in [0, 0.05) is 25.6 Å². The number of nitrogens with two attached hydrogens (primary N) is 1. The van der Waals surface area contributed by atoms with Crippen LogP contribution in [0.3, 0.4) is 0 Å². The number of ether oxygens (including phenoxy) is 1. The molecule has 7 heteroatoms. The van der Waals surface area contributed by atoms with Crippen molar-refractivity contribution in [2.24, 2.45) is 5.73 Å². The van der Waals surface area contributed by atoms with Crippen LogP contribution in [0.15, 0.2) is 18.2 Å². The summed E-state index contributed by atoms with van der Waals surface area (Å²) in [6.07, 6.45) is -0.892. The summed E-state index contributed by atoms with van der Waals surface area (Å²) in [4.78, 5) is 23.2. The molecule has 2 amide bonds. The van der Waals surface area contributed by atoms with Crippen molar-refractivity contribution in [3.63, 3.8) is 0 Å². The van der Waals surface area contributed by atoms with Gasteiger partial charge in [-0.05, 0) is 38.5 Å². The van der Waals surface area contributed by atoms with Gasteiger partial charge in [-0.1, -0.05) is 6.07 Å². The molecule has 23 heavy (non-hydrogen) atoms. The van der Waals surface area contributed by atoms with E-state index in [9.17, 15) is 14.0 Å². The Kier molecular flexibility index (Phi) is 6.50. The lowest BCUT2D eigenvalue weighted by Crippen LogP contribution is -2.43. The molecule has 4 N–H and O–H groups in total. The van der Waals surface area contributed by atoms with E-state index in [1.54, 1.807) is 6.07 Å². The molecule has 0 bridgehead atoms. The largest absolute Gasteiger partial charge is 0.445 e. The number of alkyl carbamates (subject to hydrolysis) is 1. The zero-order valence-electron chi connectivity index (χ0n) is 13.9. The number of hydrogen-bond donors (Lipinski definition) is 3. The van der Waals surface area contributed by atoms with Crippen LogP contribution in [-0.4, -0.2) is 37.2 Å². The molecular weight excluding hydrogens is 301 g/mol. The molecule has 0 aliphatic heterocycles. The number of hydrogen-bond acceptors (Lipinski definition) is 4. The Morgan fingerprint density at radius 2 is 2.00 bits per heavy atom. The Bertz CT molecular complexity index is 570. The number of rotatable bonds is 5. The van der Waals surface area contributed by atoms with Crippen LogP contribution in [0.25, 0.3) is 0 Å². The average molecular weight is 325 g/mol. The fourth-order valence-electron chi connectivity index (χ4n) is 1.93. The summed E-state index contributed by atoms with van der Waals surface area (Å²) in [5.74, 6) is -1.12. The summed E-state index contributed by atoms with van der Waals surface area (Å²) in [5, 5.41) is 5.03. The Hall–Kier alpha value is -2.15. The number of amides is 2. The van der Waals surface area contributed by atoms with Gasteiger partial charge >= 0.3 is 6.09 Å². The molecule has 0 unspecified atom stereocenters. The number of carbonyl (C=O) groups is 2. The van der Waals surface area contributed by atoms with E-state index in [-0.39, 0.29) is 18.5 Å². The summed E-state index contributed by atoms with van der Waals surface area (Å²) in [7, 11) is 1.43. The highest BCUT2D eigenvalue weighted by atomic mass is 19.1. The SMILES string of the molecule is CNC(=O)c1ccc(C[C@@H](CN)OC(=O)NC(C)(C)C)cc1F. The lowest BCUT2D eigenvalue weighted by molar-refractivity contribution is 0.0948. The third kappa shape index (κ3) is 6.23. The molecule has 0 radical (unpaired) electrons. The topological polar surface area (TPSA) is 93.5 Å². The first-order valence-electron chi connectivity index (χ1n) is 7.35. The van der Waals surface area contributed by atoms with E-state index in [0.717, 1.165) is 0 Å². The maximum absolute atomic E-state index is 13.9.